The molecule has 104 valence electrons. The Morgan fingerprint density at radius 2 is 1.95 bits per heavy atom. The van der Waals surface area contributed by atoms with Crippen LogP contribution in [-0.4, -0.2) is 13.1 Å². The molecule has 0 fully saturated rings. The Balaban J connectivity index is 2.20. The summed E-state index contributed by atoms with van der Waals surface area (Å²) in [5.74, 6) is 0.325. The summed E-state index contributed by atoms with van der Waals surface area (Å²) >= 11 is 7.36. The van der Waals surface area contributed by atoms with Crippen LogP contribution in [0.1, 0.15) is 15.9 Å². The third-order valence-electron chi connectivity index (χ3n) is 2.75. The van der Waals surface area contributed by atoms with Crippen molar-refractivity contribution in [2.24, 2.45) is 0 Å². The summed E-state index contributed by atoms with van der Waals surface area (Å²) in [5.41, 5.74) is 8.13. The van der Waals surface area contributed by atoms with E-state index >= 15 is 0 Å². The van der Waals surface area contributed by atoms with Gasteiger partial charge in [-0.3, -0.25) is 0 Å². The number of methoxy groups -OCH3 is 1. The number of hydrogen-bond acceptors (Lipinski definition) is 4. The van der Waals surface area contributed by atoms with Crippen LogP contribution in [0.2, 0.25) is 5.02 Å². The molecule has 0 aliphatic rings. The number of hydrogen-bond donors (Lipinski definition) is 1. The normalized spacial score (nSPS) is 10.3. The first-order valence-electron chi connectivity index (χ1n) is 5.96. The minimum atomic E-state index is -0.379. The lowest BCUT2D eigenvalue weighted by atomic mass is 10.2. The Hall–Kier alpha value is -1.65. The van der Waals surface area contributed by atoms with E-state index < -0.39 is 0 Å². The summed E-state index contributed by atoms with van der Waals surface area (Å²) in [6.07, 6.45) is 0. The number of carbonyl (C=O) groups is 1. The molecule has 3 nitrogen and oxygen atoms in total. The second kappa shape index (κ2) is 6.68. The maximum Gasteiger partial charge on any atom is 0.339 e. The first kappa shape index (κ1) is 14.8. The van der Waals surface area contributed by atoms with Crippen LogP contribution in [0.15, 0.2) is 47.4 Å². The third kappa shape index (κ3) is 3.46. The number of thioether (sulfide) groups is 1. The number of halogens is 1. The van der Waals surface area contributed by atoms with Crippen LogP contribution in [0, 0.1) is 0 Å². The fourth-order valence-corrected chi connectivity index (χ4v) is 2.89. The Morgan fingerprint density at radius 3 is 2.60 bits per heavy atom. The topological polar surface area (TPSA) is 52.3 Å². The average molecular weight is 308 g/mol. The second-order valence-corrected chi connectivity index (χ2v) is 5.55. The quantitative estimate of drug-likeness (QED) is 0.527. The summed E-state index contributed by atoms with van der Waals surface area (Å²) in [6, 6.07) is 12.8. The van der Waals surface area contributed by atoms with Crippen LogP contribution < -0.4 is 5.73 Å². The number of ether oxygens (including phenoxy) is 1. The first-order chi connectivity index (χ1) is 9.61. The van der Waals surface area contributed by atoms with Gasteiger partial charge in [-0.05, 0) is 29.8 Å². The Bertz CT molecular complexity index is 614. The zero-order valence-electron chi connectivity index (χ0n) is 10.9. The van der Waals surface area contributed by atoms with Crippen LogP contribution in [0.4, 0.5) is 5.69 Å². The molecule has 20 heavy (non-hydrogen) atoms. The lowest BCUT2D eigenvalue weighted by Gasteiger charge is -2.10. The maximum atomic E-state index is 11.7. The Kier molecular flexibility index (Phi) is 4.93. The molecule has 0 saturated carbocycles. The van der Waals surface area contributed by atoms with Crippen molar-refractivity contribution in [2.45, 2.75) is 10.6 Å². The molecule has 0 heterocycles. The minimum absolute atomic E-state index is 0.379. The monoisotopic (exact) mass is 307 g/mol. The van der Waals surface area contributed by atoms with Crippen LogP contribution in [-0.2, 0) is 10.5 Å². The number of nitrogen functional groups attached to an aromatic ring is 1. The largest absolute Gasteiger partial charge is 0.465 e. The van der Waals surface area contributed by atoms with Crippen LogP contribution in [0.25, 0.3) is 0 Å². The van der Waals surface area contributed by atoms with Crippen molar-refractivity contribution in [1.29, 1.82) is 0 Å². The van der Waals surface area contributed by atoms with Gasteiger partial charge in [0.25, 0.3) is 0 Å². The number of nitrogens with two attached hydrogens (primary N) is 1. The van der Waals surface area contributed by atoms with E-state index in [9.17, 15) is 4.79 Å². The van der Waals surface area contributed by atoms with E-state index in [1.807, 2.05) is 24.3 Å². The number of rotatable bonds is 4. The van der Waals surface area contributed by atoms with Crippen LogP contribution in [0.5, 0.6) is 0 Å². The number of esters is 1. The van der Waals surface area contributed by atoms with Crippen molar-refractivity contribution in [3.8, 4) is 0 Å². The van der Waals surface area contributed by atoms with Gasteiger partial charge < -0.3 is 10.5 Å². The molecule has 2 aromatic rings. The van der Waals surface area contributed by atoms with E-state index in [2.05, 4.69) is 0 Å². The van der Waals surface area contributed by atoms with Crippen LogP contribution in [0.3, 0.4) is 0 Å². The highest BCUT2D eigenvalue weighted by atomic mass is 35.5. The van der Waals surface area contributed by atoms with Gasteiger partial charge in [0.05, 0.1) is 12.7 Å². The molecule has 0 spiro atoms. The van der Waals surface area contributed by atoms with Gasteiger partial charge in [-0.25, -0.2) is 4.79 Å². The standard InChI is InChI=1S/C15H14ClNO2S/c1-19-15(18)12-3-2-4-13(17)14(12)20-9-10-5-7-11(16)8-6-10/h2-8H,9,17H2,1H3. The van der Waals surface area contributed by atoms with Gasteiger partial charge >= 0.3 is 5.97 Å². The molecule has 0 unspecified atom stereocenters. The highest BCUT2D eigenvalue weighted by molar-refractivity contribution is 7.98. The van der Waals surface area contributed by atoms with E-state index in [4.69, 9.17) is 22.1 Å². The number of benzene rings is 2. The highest BCUT2D eigenvalue weighted by Crippen LogP contribution is 2.32. The van der Waals surface area contributed by atoms with Crippen molar-refractivity contribution < 1.29 is 9.53 Å². The predicted octanol–water partition coefficient (Wildman–Crippen LogP) is 4.00. The van der Waals surface area contributed by atoms with Crippen molar-refractivity contribution in [3.05, 3.63) is 58.6 Å². The van der Waals surface area contributed by atoms with Gasteiger partial charge in [-0.1, -0.05) is 29.8 Å². The predicted molar refractivity (Wildman–Crippen MR) is 83.2 cm³/mol. The van der Waals surface area contributed by atoms with Crippen molar-refractivity contribution in [1.82, 2.24) is 0 Å². The van der Waals surface area contributed by atoms with Gasteiger partial charge in [0, 0.05) is 21.4 Å². The smallest absolute Gasteiger partial charge is 0.339 e. The van der Waals surface area contributed by atoms with Crippen LogP contribution >= 0.6 is 23.4 Å². The molecule has 0 amide bonds. The molecular formula is C15H14ClNO2S. The molecule has 2 N–H and O–H groups in total. The summed E-state index contributed by atoms with van der Waals surface area (Å²) < 4.78 is 4.77. The lowest BCUT2D eigenvalue weighted by Crippen LogP contribution is -2.05. The van der Waals surface area contributed by atoms with Gasteiger partial charge in [0.1, 0.15) is 0 Å². The molecule has 0 saturated heterocycles. The summed E-state index contributed by atoms with van der Waals surface area (Å²) in [6.45, 7) is 0. The van der Waals surface area contributed by atoms with Gasteiger partial charge in [0.15, 0.2) is 0 Å². The van der Waals surface area contributed by atoms with E-state index in [0.29, 0.717) is 22.0 Å². The van der Waals surface area contributed by atoms with Crippen molar-refractivity contribution in [2.75, 3.05) is 12.8 Å². The molecule has 0 bridgehead atoms. The van der Waals surface area contributed by atoms with E-state index in [0.717, 1.165) is 10.5 Å². The molecule has 0 radical (unpaired) electrons. The molecule has 5 heteroatoms. The molecule has 0 atom stereocenters. The molecule has 0 aliphatic carbocycles. The Morgan fingerprint density at radius 1 is 1.25 bits per heavy atom. The van der Waals surface area contributed by atoms with Crippen molar-refractivity contribution >= 4 is 35.0 Å². The number of anilines is 1. The molecule has 0 aromatic heterocycles. The van der Waals surface area contributed by atoms with Gasteiger partial charge in [0.2, 0.25) is 0 Å². The molecule has 2 rings (SSSR count). The summed E-state index contributed by atoms with van der Waals surface area (Å²) in [4.78, 5) is 12.5. The van der Waals surface area contributed by atoms with E-state index in [1.54, 1.807) is 18.2 Å². The maximum absolute atomic E-state index is 11.7. The van der Waals surface area contributed by atoms with Gasteiger partial charge in [-0.15, -0.1) is 11.8 Å². The molecule has 0 aliphatic heterocycles. The third-order valence-corrected chi connectivity index (χ3v) is 4.22. The Labute approximate surface area is 127 Å². The second-order valence-electron chi connectivity index (χ2n) is 4.13. The average Bonchev–Trinajstić information content (AvgIpc) is 2.46. The minimum Gasteiger partial charge on any atom is -0.465 e. The first-order valence-corrected chi connectivity index (χ1v) is 7.32. The fourth-order valence-electron chi connectivity index (χ4n) is 1.72. The van der Waals surface area contributed by atoms with Gasteiger partial charge in [-0.2, -0.15) is 0 Å². The van der Waals surface area contributed by atoms with E-state index in [-0.39, 0.29) is 5.97 Å². The summed E-state index contributed by atoms with van der Waals surface area (Å²) in [7, 11) is 1.36. The number of carbonyl (C=O) groups excluding carboxylic acids is 1. The van der Waals surface area contributed by atoms with E-state index in [1.165, 1.54) is 18.9 Å². The molecule has 2 aromatic carbocycles. The fraction of sp³-hybridized carbons (Fsp3) is 0.133. The summed E-state index contributed by atoms with van der Waals surface area (Å²) in [5, 5.41) is 0.702. The SMILES string of the molecule is COC(=O)c1cccc(N)c1SCc1ccc(Cl)cc1. The zero-order chi connectivity index (χ0) is 14.5. The van der Waals surface area contributed by atoms with Crippen molar-refractivity contribution in [3.63, 3.8) is 0 Å². The molecular weight excluding hydrogens is 294 g/mol. The zero-order valence-corrected chi connectivity index (χ0v) is 12.5. The highest BCUT2D eigenvalue weighted by Gasteiger charge is 2.14. The lowest BCUT2D eigenvalue weighted by molar-refractivity contribution is 0.0597.